The van der Waals surface area contributed by atoms with Gasteiger partial charge in [0.2, 0.25) is 10.0 Å². The molecular formula is C18H20Cl2N2O3S. The van der Waals surface area contributed by atoms with Gasteiger partial charge in [0.25, 0.3) is 5.91 Å². The summed E-state index contributed by atoms with van der Waals surface area (Å²) in [6, 6.07) is 11.3. The summed E-state index contributed by atoms with van der Waals surface area (Å²) in [6.07, 6.45) is 0. The van der Waals surface area contributed by atoms with E-state index in [-0.39, 0.29) is 27.4 Å². The number of para-hydroxylation sites is 1. The normalized spacial score (nSPS) is 11.2. The minimum Gasteiger partial charge on any atom is -0.339 e. The van der Waals surface area contributed by atoms with E-state index < -0.39 is 10.0 Å². The maximum atomic E-state index is 12.6. The quantitative estimate of drug-likeness (QED) is 0.728. The Morgan fingerprint density at radius 2 is 1.58 bits per heavy atom. The highest BCUT2D eigenvalue weighted by molar-refractivity contribution is 7.91. The van der Waals surface area contributed by atoms with Crippen molar-refractivity contribution in [1.29, 1.82) is 0 Å². The second-order valence-electron chi connectivity index (χ2n) is 5.58. The lowest BCUT2D eigenvalue weighted by atomic mass is 10.1. The fraction of sp³-hybridized carbons (Fsp3) is 0.278. The molecule has 140 valence electrons. The van der Waals surface area contributed by atoms with Crippen LogP contribution in [0, 0.1) is 0 Å². The molecule has 26 heavy (non-hydrogen) atoms. The van der Waals surface area contributed by atoms with E-state index >= 15 is 0 Å². The number of nitrogens with zero attached hydrogens (tertiary/aromatic N) is 1. The van der Waals surface area contributed by atoms with Crippen LogP contribution in [0.25, 0.3) is 0 Å². The summed E-state index contributed by atoms with van der Waals surface area (Å²) in [7, 11) is -3.82. The van der Waals surface area contributed by atoms with Gasteiger partial charge in [0.15, 0.2) is 0 Å². The molecule has 5 nitrogen and oxygen atoms in total. The molecule has 0 unspecified atom stereocenters. The van der Waals surface area contributed by atoms with Crippen molar-refractivity contribution < 1.29 is 13.2 Å². The molecule has 1 N–H and O–H groups in total. The Morgan fingerprint density at radius 3 is 2.15 bits per heavy atom. The number of sulfonamides is 1. The van der Waals surface area contributed by atoms with Crippen LogP contribution in [-0.2, 0) is 15.8 Å². The van der Waals surface area contributed by atoms with Crippen LogP contribution in [0.2, 0.25) is 10.0 Å². The third kappa shape index (κ3) is 4.90. The lowest BCUT2D eigenvalue weighted by Crippen LogP contribution is -2.31. The predicted octanol–water partition coefficient (Wildman–Crippen LogP) is 4.42. The number of carbonyl (C=O) groups excluding carboxylic acids is 1. The molecule has 1 amide bonds. The summed E-state index contributed by atoms with van der Waals surface area (Å²) in [5, 5.41) is 0.547. The highest BCUT2D eigenvalue weighted by atomic mass is 35.5. The Balaban J connectivity index is 2.32. The first-order valence-electron chi connectivity index (χ1n) is 8.10. The van der Waals surface area contributed by atoms with Crippen molar-refractivity contribution in [3.8, 4) is 0 Å². The van der Waals surface area contributed by atoms with Crippen LogP contribution in [-0.4, -0.2) is 32.3 Å². The van der Waals surface area contributed by atoms with Gasteiger partial charge < -0.3 is 4.90 Å². The molecule has 0 heterocycles. The average Bonchev–Trinajstić information content (AvgIpc) is 2.59. The van der Waals surface area contributed by atoms with Gasteiger partial charge in [-0.05, 0) is 38.1 Å². The largest absolute Gasteiger partial charge is 0.339 e. The average molecular weight is 415 g/mol. The third-order valence-corrected chi connectivity index (χ3v) is 5.78. The topological polar surface area (TPSA) is 66.5 Å². The minimum atomic E-state index is -3.82. The van der Waals surface area contributed by atoms with Gasteiger partial charge in [-0.15, -0.1) is 0 Å². The number of nitrogens with one attached hydrogen (secondary N) is 1. The molecule has 2 aromatic rings. The van der Waals surface area contributed by atoms with Crippen molar-refractivity contribution in [2.45, 2.75) is 19.6 Å². The van der Waals surface area contributed by atoms with Gasteiger partial charge in [0.05, 0.1) is 17.0 Å². The Bertz CT molecular complexity index is 877. The zero-order valence-electron chi connectivity index (χ0n) is 14.5. The maximum Gasteiger partial charge on any atom is 0.255 e. The van der Waals surface area contributed by atoms with Crippen molar-refractivity contribution in [2.75, 3.05) is 17.8 Å². The van der Waals surface area contributed by atoms with Crippen LogP contribution in [0.4, 0.5) is 5.69 Å². The summed E-state index contributed by atoms with van der Waals surface area (Å²) in [5.74, 6) is -0.622. The summed E-state index contributed by atoms with van der Waals surface area (Å²) in [5.41, 5.74) is 0.841. The molecule has 0 radical (unpaired) electrons. The van der Waals surface area contributed by atoms with Crippen LogP contribution >= 0.6 is 23.2 Å². The standard InChI is InChI=1S/C18H20Cl2N2O3S/c1-3-22(4-2)18(23)13-8-5-6-11-17(13)21-26(24,25)12-14-15(19)9-7-10-16(14)20/h5-11,21H,3-4,12H2,1-2H3. The molecule has 0 atom stereocenters. The molecule has 0 saturated carbocycles. The van der Waals surface area contributed by atoms with Crippen LogP contribution in [0.3, 0.4) is 0 Å². The number of rotatable bonds is 7. The number of anilines is 1. The van der Waals surface area contributed by atoms with Crippen molar-refractivity contribution >= 4 is 44.8 Å². The Kier molecular flexibility index (Phi) is 6.92. The van der Waals surface area contributed by atoms with Crippen LogP contribution in [0.15, 0.2) is 42.5 Å². The fourth-order valence-corrected chi connectivity index (χ4v) is 4.47. The van der Waals surface area contributed by atoms with E-state index in [1.807, 2.05) is 13.8 Å². The van der Waals surface area contributed by atoms with Crippen molar-refractivity contribution in [2.24, 2.45) is 0 Å². The van der Waals surface area contributed by atoms with Crippen LogP contribution in [0.5, 0.6) is 0 Å². The SMILES string of the molecule is CCN(CC)C(=O)c1ccccc1NS(=O)(=O)Cc1c(Cl)cccc1Cl. The lowest BCUT2D eigenvalue weighted by Gasteiger charge is -2.21. The number of carbonyl (C=O) groups is 1. The third-order valence-electron chi connectivity index (χ3n) is 3.87. The van der Waals surface area contributed by atoms with E-state index in [1.165, 1.54) is 0 Å². The van der Waals surface area contributed by atoms with E-state index in [9.17, 15) is 13.2 Å². The minimum absolute atomic E-state index is 0.229. The van der Waals surface area contributed by atoms with Crippen molar-refractivity contribution in [3.63, 3.8) is 0 Å². The number of benzene rings is 2. The predicted molar refractivity (Wildman–Crippen MR) is 106 cm³/mol. The second kappa shape index (κ2) is 8.75. The summed E-state index contributed by atoms with van der Waals surface area (Å²) >= 11 is 12.1. The van der Waals surface area contributed by atoms with E-state index in [1.54, 1.807) is 47.4 Å². The number of hydrogen-bond donors (Lipinski definition) is 1. The summed E-state index contributed by atoms with van der Waals surface area (Å²) in [4.78, 5) is 14.3. The molecule has 0 aliphatic rings. The molecule has 0 spiro atoms. The molecule has 0 aliphatic heterocycles. The monoisotopic (exact) mass is 414 g/mol. The molecule has 0 fully saturated rings. The van der Waals surface area contributed by atoms with Gasteiger partial charge in [-0.2, -0.15) is 0 Å². The second-order valence-corrected chi connectivity index (χ2v) is 8.12. The summed E-state index contributed by atoms with van der Waals surface area (Å²) in [6.45, 7) is 4.80. The molecule has 0 saturated heterocycles. The van der Waals surface area contributed by atoms with Crippen molar-refractivity contribution in [1.82, 2.24) is 4.90 Å². The first-order valence-corrected chi connectivity index (χ1v) is 10.5. The molecular weight excluding hydrogens is 395 g/mol. The number of halogens is 2. The zero-order valence-corrected chi connectivity index (χ0v) is 16.8. The van der Waals surface area contributed by atoms with Crippen molar-refractivity contribution in [3.05, 3.63) is 63.6 Å². The molecule has 0 bridgehead atoms. The summed E-state index contributed by atoms with van der Waals surface area (Å²) < 4.78 is 27.7. The molecule has 0 aromatic heterocycles. The van der Waals surface area contributed by atoms with Gasteiger partial charge >= 0.3 is 0 Å². The highest BCUT2D eigenvalue weighted by Crippen LogP contribution is 2.27. The smallest absolute Gasteiger partial charge is 0.255 e. The Labute approximate surface area is 164 Å². The first kappa shape index (κ1) is 20.6. The molecule has 0 aliphatic carbocycles. The van der Waals surface area contributed by atoms with Gasteiger partial charge in [-0.1, -0.05) is 41.4 Å². The van der Waals surface area contributed by atoms with Crippen LogP contribution in [0.1, 0.15) is 29.8 Å². The lowest BCUT2D eigenvalue weighted by molar-refractivity contribution is 0.0774. The maximum absolute atomic E-state index is 12.6. The molecule has 2 rings (SSSR count). The Hall–Kier alpha value is -1.76. The fourth-order valence-electron chi connectivity index (χ4n) is 2.50. The first-order chi connectivity index (χ1) is 12.3. The van der Waals surface area contributed by atoms with E-state index in [4.69, 9.17) is 23.2 Å². The molecule has 2 aromatic carbocycles. The highest BCUT2D eigenvalue weighted by Gasteiger charge is 2.21. The van der Waals surface area contributed by atoms with E-state index in [0.29, 0.717) is 24.2 Å². The van der Waals surface area contributed by atoms with Gasteiger partial charge in [-0.25, -0.2) is 8.42 Å². The zero-order chi connectivity index (χ0) is 19.3. The number of hydrogen-bond acceptors (Lipinski definition) is 3. The van der Waals surface area contributed by atoms with E-state index in [0.717, 1.165) is 0 Å². The van der Waals surface area contributed by atoms with E-state index in [2.05, 4.69) is 4.72 Å². The van der Waals surface area contributed by atoms with Gasteiger partial charge in [-0.3, -0.25) is 9.52 Å². The molecule has 8 heteroatoms. The van der Waals surface area contributed by atoms with Gasteiger partial charge in [0.1, 0.15) is 0 Å². The Morgan fingerprint density at radius 1 is 1.00 bits per heavy atom. The number of amides is 1. The van der Waals surface area contributed by atoms with Gasteiger partial charge in [0, 0.05) is 28.7 Å². The van der Waals surface area contributed by atoms with Crippen LogP contribution < -0.4 is 4.72 Å².